The van der Waals surface area contributed by atoms with Crippen molar-refractivity contribution >= 4 is 17.7 Å². The van der Waals surface area contributed by atoms with Gasteiger partial charge in [0.25, 0.3) is 6.01 Å². The summed E-state index contributed by atoms with van der Waals surface area (Å²) in [6.45, 7) is 4.02. The summed E-state index contributed by atoms with van der Waals surface area (Å²) in [5, 5.41) is 3.00. The Kier molecular flexibility index (Phi) is 3.62. The number of oxazole rings is 1. The number of rotatable bonds is 4. The normalized spacial score (nSPS) is 10.1. The maximum Gasteiger partial charge on any atom is 0.360 e. The van der Waals surface area contributed by atoms with Crippen LogP contribution >= 0.6 is 0 Å². The summed E-state index contributed by atoms with van der Waals surface area (Å²) in [6, 6.07) is 8.00. The van der Waals surface area contributed by atoms with Gasteiger partial charge in [0.1, 0.15) is 6.26 Å². The maximum atomic E-state index is 11.4. The van der Waals surface area contributed by atoms with Crippen molar-refractivity contribution in [3.05, 3.63) is 41.8 Å². The highest BCUT2D eigenvalue weighted by atomic mass is 16.5. The van der Waals surface area contributed by atoms with Crippen LogP contribution in [0.15, 0.2) is 34.9 Å². The molecule has 0 radical (unpaired) electrons. The molecule has 0 aliphatic heterocycles. The van der Waals surface area contributed by atoms with E-state index in [1.54, 1.807) is 6.92 Å². The number of ether oxygens (including phenoxy) is 1. The molecular formula is C13H14N2O3. The maximum absolute atomic E-state index is 11.4. The Morgan fingerprint density at radius 2 is 2.22 bits per heavy atom. The molecule has 1 aromatic heterocycles. The number of hydrogen-bond donors (Lipinski definition) is 1. The minimum atomic E-state index is -0.487. The first-order chi connectivity index (χ1) is 8.70. The number of carbonyl (C=O) groups excluding carboxylic acids is 1. The summed E-state index contributed by atoms with van der Waals surface area (Å²) in [5.41, 5.74) is 2.11. The highest BCUT2D eigenvalue weighted by molar-refractivity contribution is 5.87. The molecule has 0 atom stereocenters. The number of aromatic nitrogens is 1. The van der Waals surface area contributed by atoms with Crippen LogP contribution in [0, 0.1) is 6.92 Å². The summed E-state index contributed by atoms with van der Waals surface area (Å²) in [4.78, 5) is 15.4. The molecule has 2 rings (SSSR count). The standard InChI is InChI=1S/C13H14N2O3/c1-3-17-12(16)11-8-18-13(15-11)14-10-7-5-4-6-9(10)2/h4-8H,3H2,1-2H3,(H,14,15). The SMILES string of the molecule is CCOC(=O)c1coc(Nc2ccccc2C)n1. The molecule has 0 bridgehead atoms. The fourth-order valence-corrected chi connectivity index (χ4v) is 1.46. The van der Waals surface area contributed by atoms with Crippen molar-refractivity contribution in [2.45, 2.75) is 13.8 Å². The lowest BCUT2D eigenvalue weighted by atomic mass is 10.2. The highest BCUT2D eigenvalue weighted by Gasteiger charge is 2.13. The van der Waals surface area contributed by atoms with Crippen LogP contribution in [-0.4, -0.2) is 17.6 Å². The molecule has 0 saturated heterocycles. The van der Waals surface area contributed by atoms with Crippen molar-refractivity contribution in [3.8, 4) is 0 Å². The van der Waals surface area contributed by atoms with Gasteiger partial charge >= 0.3 is 5.97 Å². The van der Waals surface area contributed by atoms with E-state index in [0.29, 0.717) is 6.61 Å². The summed E-state index contributed by atoms with van der Waals surface area (Å²) in [6.07, 6.45) is 1.28. The van der Waals surface area contributed by atoms with Crippen LogP contribution in [0.25, 0.3) is 0 Å². The Morgan fingerprint density at radius 1 is 1.44 bits per heavy atom. The van der Waals surface area contributed by atoms with Crippen LogP contribution in [0.5, 0.6) is 0 Å². The molecule has 5 heteroatoms. The number of nitrogens with one attached hydrogen (secondary N) is 1. The van der Waals surface area contributed by atoms with E-state index >= 15 is 0 Å². The predicted octanol–water partition coefficient (Wildman–Crippen LogP) is 2.90. The van der Waals surface area contributed by atoms with Gasteiger partial charge in [-0.05, 0) is 25.5 Å². The van der Waals surface area contributed by atoms with Gasteiger partial charge in [-0.2, -0.15) is 4.98 Å². The second kappa shape index (κ2) is 5.35. The first-order valence-electron chi connectivity index (χ1n) is 5.66. The summed E-state index contributed by atoms with van der Waals surface area (Å²) in [5.74, 6) is -0.487. The van der Waals surface area contributed by atoms with Crippen LogP contribution in [0.1, 0.15) is 23.0 Å². The third kappa shape index (κ3) is 2.68. The minimum absolute atomic E-state index is 0.160. The van der Waals surface area contributed by atoms with Crippen LogP contribution in [0.2, 0.25) is 0 Å². The quantitative estimate of drug-likeness (QED) is 0.840. The van der Waals surface area contributed by atoms with Crippen LogP contribution in [0.3, 0.4) is 0 Å². The van der Waals surface area contributed by atoms with Crippen molar-refractivity contribution in [1.29, 1.82) is 0 Å². The average Bonchev–Trinajstić information content (AvgIpc) is 2.81. The first kappa shape index (κ1) is 12.2. The number of carbonyl (C=O) groups is 1. The van der Waals surface area contributed by atoms with Crippen LogP contribution in [-0.2, 0) is 4.74 Å². The molecule has 0 spiro atoms. The zero-order valence-corrected chi connectivity index (χ0v) is 10.3. The fraction of sp³-hybridized carbons (Fsp3) is 0.231. The summed E-state index contributed by atoms with van der Waals surface area (Å²) in [7, 11) is 0. The fourth-order valence-electron chi connectivity index (χ4n) is 1.46. The molecule has 0 amide bonds. The number of para-hydroxylation sites is 1. The van der Waals surface area contributed by atoms with Gasteiger partial charge in [0.05, 0.1) is 6.61 Å². The van der Waals surface area contributed by atoms with Gasteiger partial charge in [0, 0.05) is 5.69 Å². The topological polar surface area (TPSA) is 64.4 Å². The molecule has 0 aliphatic carbocycles. The molecule has 18 heavy (non-hydrogen) atoms. The molecule has 2 aromatic rings. The van der Waals surface area contributed by atoms with Gasteiger partial charge in [-0.15, -0.1) is 0 Å². The molecule has 94 valence electrons. The number of esters is 1. The van der Waals surface area contributed by atoms with Crippen molar-refractivity contribution in [2.24, 2.45) is 0 Å². The minimum Gasteiger partial charge on any atom is -0.461 e. The van der Waals surface area contributed by atoms with Crippen molar-refractivity contribution in [1.82, 2.24) is 4.98 Å². The van der Waals surface area contributed by atoms with E-state index in [0.717, 1.165) is 11.3 Å². The van der Waals surface area contributed by atoms with Gasteiger partial charge < -0.3 is 14.5 Å². The Morgan fingerprint density at radius 3 is 2.94 bits per heavy atom. The largest absolute Gasteiger partial charge is 0.461 e. The second-order valence-electron chi connectivity index (χ2n) is 3.70. The summed E-state index contributed by atoms with van der Waals surface area (Å²) < 4.78 is 9.99. The van der Waals surface area contributed by atoms with Gasteiger partial charge in [0.15, 0.2) is 5.69 Å². The lowest BCUT2D eigenvalue weighted by Crippen LogP contribution is -2.05. The molecule has 0 saturated carbocycles. The molecule has 1 N–H and O–H groups in total. The van der Waals surface area contributed by atoms with E-state index in [1.165, 1.54) is 6.26 Å². The zero-order chi connectivity index (χ0) is 13.0. The summed E-state index contributed by atoms with van der Waals surface area (Å²) >= 11 is 0. The number of hydrogen-bond acceptors (Lipinski definition) is 5. The van der Waals surface area contributed by atoms with E-state index in [2.05, 4.69) is 10.3 Å². The van der Waals surface area contributed by atoms with Crippen molar-refractivity contribution in [2.75, 3.05) is 11.9 Å². The average molecular weight is 246 g/mol. The first-order valence-corrected chi connectivity index (χ1v) is 5.66. The third-order valence-electron chi connectivity index (χ3n) is 2.38. The number of nitrogens with zero attached hydrogens (tertiary/aromatic N) is 1. The van der Waals surface area contributed by atoms with Gasteiger partial charge in [-0.1, -0.05) is 18.2 Å². The number of anilines is 2. The Bertz CT molecular complexity index is 549. The molecule has 1 aromatic carbocycles. The molecule has 0 aliphatic rings. The van der Waals surface area contributed by atoms with Crippen LogP contribution in [0.4, 0.5) is 11.7 Å². The van der Waals surface area contributed by atoms with E-state index < -0.39 is 5.97 Å². The van der Waals surface area contributed by atoms with Gasteiger partial charge in [-0.3, -0.25) is 0 Å². The molecular weight excluding hydrogens is 232 g/mol. The van der Waals surface area contributed by atoms with Gasteiger partial charge in [0.2, 0.25) is 0 Å². The predicted molar refractivity (Wildman–Crippen MR) is 66.9 cm³/mol. The Hall–Kier alpha value is -2.30. The third-order valence-corrected chi connectivity index (χ3v) is 2.38. The lowest BCUT2D eigenvalue weighted by molar-refractivity contribution is 0.0519. The number of benzene rings is 1. The monoisotopic (exact) mass is 246 g/mol. The molecule has 5 nitrogen and oxygen atoms in total. The molecule has 0 unspecified atom stereocenters. The zero-order valence-electron chi connectivity index (χ0n) is 10.3. The Labute approximate surface area is 105 Å². The molecule has 1 heterocycles. The van der Waals surface area contributed by atoms with E-state index in [4.69, 9.17) is 9.15 Å². The van der Waals surface area contributed by atoms with Crippen molar-refractivity contribution < 1.29 is 13.9 Å². The number of aryl methyl sites for hydroxylation is 1. The lowest BCUT2D eigenvalue weighted by Gasteiger charge is -2.04. The van der Waals surface area contributed by atoms with Gasteiger partial charge in [-0.25, -0.2) is 4.79 Å². The highest BCUT2D eigenvalue weighted by Crippen LogP contribution is 2.19. The van der Waals surface area contributed by atoms with E-state index in [-0.39, 0.29) is 11.7 Å². The van der Waals surface area contributed by atoms with E-state index in [1.807, 2.05) is 31.2 Å². The Balaban J connectivity index is 2.12. The van der Waals surface area contributed by atoms with E-state index in [9.17, 15) is 4.79 Å². The van der Waals surface area contributed by atoms with Crippen LogP contribution < -0.4 is 5.32 Å². The smallest absolute Gasteiger partial charge is 0.360 e. The second-order valence-corrected chi connectivity index (χ2v) is 3.70. The molecule has 0 fully saturated rings. The van der Waals surface area contributed by atoms with Crippen molar-refractivity contribution in [3.63, 3.8) is 0 Å².